The van der Waals surface area contributed by atoms with Gasteiger partial charge in [-0.2, -0.15) is 0 Å². The summed E-state index contributed by atoms with van der Waals surface area (Å²) in [7, 11) is 1.37. The van der Waals surface area contributed by atoms with Gasteiger partial charge in [-0.15, -0.1) is 0 Å². The number of hydrogen-bond acceptors (Lipinski definition) is 6. The molecule has 1 aliphatic carbocycles. The lowest BCUT2D eigenvalue weighted by molar-refractivity contribution is 0.0600. The molecule has 0 spiro atoms. The molecule has 7 heteroatoms. The van der Waals surface area contributed by atoms with E-state index in [-0.39, 0.29) is 18.1 Å². The summed E-state index contributed by atoms with van der Waals surface area (Å²) in [6.07, 6.45) is 8.66. The van der Waals surface area contributed by atoms with Crippen molar-refractivity contribution in [3.05, 3.63) is 48.4 Å². The first-order chi connectivity index (χ1) is 13.2. The number of aliphatic hydroxyl groups is 1. The van der Waals surface area contributed by atoms with Crippen molar-refractivity contribution in [1.29, 1.82) is 0 Å². The van der Waals surface area contributed by atoms with Gasteiger partial charge in [0.2, 0.25) is 0 Å². The Kier molecular flexibility index (Phi) is 4.77. The van der Waals surface area contributed by atoms with Crippen LogP contribution >= 0.6 is 0 Å². The topological polar surface area (TPSA) is 88.8 Å². The van der Waals surface area contributed by atoms with E-state index < -0.39 is 0 Å². The summed E-state index contributed by atoms with van der Waals surface area (Å²) in [6, 6.07) is 7.55. The molecule has 2 N–H and O–H groups in total. The van der Waals surface area contributed by atoms with Crippen LogP contribution in [0.1, 0.15) is 36.0 Å². The van der Waals surface area contributed by atoms with Gasteiger partial charge in [0.25, 0.3) is 0 Å². The van der Waals surface area contributed by atoms with E-state index in [1.165, 1.54) is 7.11 Å². The SMILES string of the molecule is COC(=O)c1cccc(-c2cnc(NC3CCC(O)CC3)c3nccn23)c1. The average Bonchev–Trinajstić information content (AvgIpc) is 3.20. The number of carbonyl (C=O) groups excluding carboxylic acids is 1. The minimum Gasteiger partial charge on any atom is -0.465 e. The maximum Gasteiger partial charge on any atom is 0.337 e. The fourth-order valence-electron chi connectivity index (χ4n) is 3.57. The van der Waals surface area contributed by atoms with Gasteiger partial charge in [0.1, 0.15) is 0 Å². The first-order valence-corrected chi connectivity index (χ1v) is 9.11. The van der Waals surface area contributed by atoms with Gasteiger partial charge in [-0.05, 0) is 37.8 Å². The molecule has 0 saturated heterocycles. The van der Waals surface area contributed by atoms with Crippen molar-refractivity contribution in [2.45, 2.75) is 37.8 Å². The predicted octanol–water partition coefficient (Wildman–Crippen LogP) is 2.90. The molecule has 1 aliphatic rings. The van der Waals surface area contributed by atoms with Crippen molar-refractivity contribution in [1.82, 2.24) is 14.4 Å². The fourth-order valence-corrected chi connectivity index (χ4v) is 3.57. The van der Waals surface area contributed by atoms with Crippen LogP contribution in [-0.4, -0.2) is 44.7 Å². The fraction of sp³-hybridized carbons (Fsp3) is 0.350. The quantitative estimate of drug-likeness (QED) is 0.690. The first-order valence-electron chi connectivity index (χ1n) is 9.11. The summed E-state index contributed by atoms with van der Waals surface area (Å²) in [4.78, 5) is 20.9. The van der Waals surface area contributed by atoms with Crippen molar-refractivity contribution in [3.8, 4) is 11.3 Å². The van der Waals surface area contributed by atoms with E-state index in [0.29, 0.717) is 5.56 Å². The molecule has 0 radical (unpaired) electrons. The zero-order valence-corrected chi connectivity index (χ0v) is 15.1. The van der Waals surface area contributed by atoms with Crippen LogP contribution in [0.5, 0.6) is 0 Å². The van der Waals surface area contributed by atoms with Gasteiger partial charge in [0.05, 0.1) is 30.7 Å². The molecule has 27 heavy (non-hydrogen) atoms. The Morgan fingerprint density at radius 1 is 1.26 bits per heavy atom. The van der Waals surface area contributed by atoms with E-state index in [1.54, 1.807) is 24.5 Å². The molecular formula is C20H22N4O3. The van der Waals surface area contributed by atoms with Crippen LogP contribution < -0.4 is 5.32 Å². The lowest BCUT2D eigenvalue weighted by Crippen LogP contribution is -2.28. The van der Waals surface area contributed by atoms with Crippen LogP contribution in [-0.2, 0) is 4.74 Å². The molecule has 7 nitrogen and oxygen atoms in total. The van der Waals surface area contributed by atoms with Crippen LogP contribution in [0.4, 0.5) is 5.82 Å². The Bertz CT molecular complexity index is 961. The number of nitrogens with zero attached hydrogens (tertiary/aromatic N) is 3. The molecule has 3 aromatic rings. The summed E-state index contributed by atoms with van der Waals surface area (Å²) in [5.41, 5.74) is 2.94. The van der Waals surface area contributed by atoms with Gasteiger partial charge in [0.15, 0.2) is 11.5 Å². The Hall–Kier alpha value is -2.93. The number of aliphatic hydroxyl groups excluding tert-OH is 1. The molecule has 2 aromatic heterocycles. The van der Waals surface area contributed by atoms with Gasteiger partial charge in [0, 0.05) is 24.0 Å². The number of hydrogen-bond donors (Lipinski definition) is 2. The lowest BCUT2D eigenvalue weighted by Gasteiger charge is -2.26. The number of benzene rings is 1. The van der Waals surface area contributed by atoms with Gasteiger partial charge >= 0.3 is 5.97 Å². The Balaban J connectivity index is 1.66. The molecule has 140 valence electrons. The predicted molar refractivity (Wildman–Crippen MR) is 102 cm³/mol. The van der Waals surface area contributed by atoms with E-state index >= 15 is 0 Å². The maximum absolute atomic E-state index is 11.8. The zero-order valence-electron chi connectivity index (χ0n) is 15.1. The molecule has 1 aromatic carbocycles. The molecular weight excluding hydrogens is 344 g/mol. The second-order valence-corrected chi connectivity index (χ2v) is 6.84. The Morgan fingerprint density at radius 2 is 2.07 bits per heavy atom. The molecule has 0 unspecified atom stereocenters. The van der Waals surface area contributed by atoms with E-state index in [0.717, 1.165) is 48.4 Å². The second kappa shape index (κ2) is 7.36. The molecule has 0 amide bonds. The van der Waals surface area contributed by atoms with Gasteiger partial charge in [-0.25, -0.2) is 14.8 Å². The van der Waals surface area contributed by atoms with Crippen LogP contribution in [0.3, 0.4) is 0 Å². The monoisotopic (exact) mass is 366 g/mol. The number of carbonyl (C=O) groups is 1. The van der Waals surface area contributed by atoms with Crippen molar-refractivity contribution < 1.29 is 14.6 Å². The normalized spacial score (nSPS) is 19.8. The van der Waals surface area contributed by atoms with Crippen molar-refractivity contribution in [2.75, 3.05) is 12.4 Å². The highest BCUT2D eigenvalue weighted by atomic mass is 16.5. The molecule has 2 heterocycles. The van der Waals surface area contributed by atoms with Crippen LogP contribution in [0.2, 0.25) is 0 Å². The summed E-state index contributed by atoms with van der Waals surface area (Å²) in [5.74, 6) is 0.360. The Morgan fingerprint density at radius 3 is 2.85 bits per heavy atom. The summed E-state index contributed by atoms with van der Waals surface area (Å²) >= 11 is 0. The molecule has 1 saturated carbocycles. The largest absolute Gasteiger partial charge is 0.465 e. The molecule has 1 fully saturated rings. The second-order valence-electron chi connectivity index (χ2n) is 6.84. The van der Waals surface area contributed by atoms with E-state index in [1.807, 2.05) is 22.7 Å². The van der Waals surface area contributed by atoms with E-state index in [2.05, 4.69) is 15.3 Å². The van der Waals surface area contributed by atoms with Crippen molar-refractivity contribution in [2.24, 2.45) is 0 Å². The highest BCUT2D eigenvalue weighted by Gasteiger charge is 2.21. The standard InChI is InChI=1S/C20H22N4O3/c1-27-20(26)14-4-2-3-13(11-14)17-12-22-18(19-21-9-10-24(17)19)23-15-5-7-16(25)8-6-15/h2-4,9-12,15-16,25H,5-8H2,1H3,(H,22,23). The molecule has 0 bridgehead atoms. The van der Waals surface area contributed by atoms with Crippen molar-refractivity contribution in [3.63, 3.8) is 0 Å². The minimum atomic E-state index is -0.371. The summed E-state index contributed by atoms with van der Waals surface area (Å²) in [5, 5.41) is 13.1. The van der Waals surface area contributed by atoms with Crippen LogP contribution in [0.15, 0.2) is 42.9 Å². The molecule has 4 rings (SSSR count). The van der Waals surface area contributed by atoms with Crippen LogP contribution in [0, 0.1) is 0 Å². The number of ether oxygens (including phenoxy) is 1. The number of nitrogens with one attached hydrogen (secondary N) is 1. The number of anilines is 1. The third-order valence-corrected chi connectivity index (χ3v) is 5.05. The summed E-state index contributed by atoms with van der Waals surface area (Å²) in [6.45, 7) is 0. The lowest BCUT2D eigenvalue weighted by atomic mass is 9.93. The van der Waals surface area contributed by atoms with Crippen LogP contribution in [0.25, 0.3) is 16.9 Å². The maximum atomic E-state index is 11.8. The third kappa shape index (κ3) is 3.50. The van der Waals surface area contributed by atoms with Gasteiger partial charge in [-0.1, -0.05) is 12.1 Å². The number of aromatic nitrogens is 3. The number of imidazole rings is 1. The molecule has 0 atom stereocenters. The average molecular weight is 366 g/mol. The molecule has 0 aliphatic heterocycles. The highest BCUT2D eigenvalue weighted by Crippen LogP contribution is 2.27. The number of esters is 1. The van der Waals surface area contributed by atoms with E-state index in [9.17, 15) is 9.90 Å². The number of fused-ring (bicyclic) bond motifs is 1. The zero-order chi connectivity index (χ0) is 18.8. The van der Waals surface area contributed by atoms with Gasteiger partial charge < -0.3 is 15.2 Å². The Labute approximate surface area is 157 Å². The number of methoxy groups -OCH3 is 1. The third-order valence-electron chi connectivity index (χ3n) is 5.05. The highest BCUT2D eigenvalue weighted by molar-refractivity contribution is 5.90. The van der Waals surface area contributed by atoms with Gasteiger partial charge in [-0.3, -0.25) is 4.40 Å². The van der Waals surface area contributed by atoms with E-state index in [4.69, 9.17) is 4.74 Å². The minimum absolute atomic E-state index is 0.188. The summed E-state index contributed by atoms with van der Waals surface area (Å²) < 4.78 is 6.77. The van der Waals surface area contributed by atoms with Crippen molar-refractivity contribution >= 4 is 17.4 Å². The smallest absolute Gasteiger partial charge is 0.337 e. The first kappa shape index (κ1) is 17.5. The number of rotatable bonds is 4.